The number of furan rings is 1. The summed E-state index contributed by atoms with van der Waals surface area (Å²) in [5, 5.41) is 4.47. The van der Waals surface area contributed by atoms with E-state index in [1.54, 1.807) is 14.2 Å². The quantitative estimate of drug-likeness (QED) is 0.871. The van der Waals surface area contributed by atoms with Crippen LogP contribution in [0.5, 0.6) is 11.5 Å². The predicted octanol–water partition coefficient (Wildman–Crippen LogP) is 4.07. The van der Waals surface area contributed by atoms with Gasteiger partial charge < -0.3 is 19.2 Å². The van der Waals surface area contributed by atoms with Gasteiger partial charge in [-0.15, -0.1) is 0 Å². The number of hydrogen-bond acceptors (Lipinski definition) is 4. The topological polar surface area (TPSA) is 43.6 Å². The first-order valence-electron chi connectivity index (χ1n) is 7.38. The summed E-state index contributed by atoms with van der Waals surface area (Å²) in [5.41, 5.74) is 2.02. The Kier molecular flexibility index (Phi) is 4.78. The number of hydrogen-bond donors (Lipinski definition) is 1. The lowest BCUT2D eigenvalue weighted by atomic mass is 9.98. The molecule has 0 aliphatic rings. The Hall–Kier alpha value is -1.68. The Balaban J connectivity index is 2.61. The molecular formula is C17H25NO3. The van der Waals surface area contributed by atoms with E-state index in [-0.39, 0.29) is 0 Å². The van der Waals surface area contributed by atoms with Crippen molar-refractivity contribution in [1.29, 1.82) is 0 Å². The molecule has 0 saturated heterocycles. The van der Waals surface area contributed by atoms with Crippen molar-refractivity contribution in [3.63, 3.8) is 0 Å². The maximum Gasteiger partial charge on any atom is 0.142 e. The lowest BCUT2D eigenvalue weighted by molar-refractivity contribution is 0.396. The van der Waals surface area contributed by atoms with Crippen LogP contribution in [0.2, 0.25) is 0 Å². The van der Waals surface area contributed by atoms with Crippen molar-refractivity contribution < 1.29 is 13.9 Å². The second kappa shape index (κ2) is 6.39. The maximum absolute atomic E-state index is 6.07. The third-order valence-corrected chi connectivity index (χ3v) is 3.55. The summed E-state index contributed by atoms with van der Waals surface area (Å²) >= 11 is 0. The Labute approximate surface area is 126 Å². The average molecular weight is 291 g/mol. The van der Waals surface area contributed by atoms with Crippen LogP contribution in [0.1, 0.15) is 44.9 Å². The molecule has 0 bridgehead atoms. The summed E-state index contributed by atoms with van der Waals surface area (Å²) in [4.78, 5) is 0. The largest absolute Gasteiger partial charge is 0.496 e. The fraction of sp³-hybridized carbons (Fsp3) is 0.529. The molecule has 2 rings (SSSR count). The zero-order valence-electron chi connectivity index (χ0n) is 13.7. The highest BCUT2D eigenvalue weighted by atomic mass is 16.5. The van der Waals surface area contributed by atoms with Crippen molar-refractivity contribution >= 4 is 11.0 Å². The van der Waals surface area contributed by atoms with Gasteiger partial charge in [0.2, 0.25) is 0 Å². The van der Waals surface area contributed by atoms with Crippen molar-refractivity contribution in [2.24, 2.45) is 0 Å². The fourth-order valence-electron chi connectivity index (χ4n) is 2.56. The van der Waals surface area contributed by atoms with Crippen LogP contribution in [-0.4, -0.2) is 20.3 Å². The third kappa shape index (κ3) is 3.16. The van der Waals surface area contributed by atoms with Crippen LogP contribution in [0.25, 0.3) is 11.0 Å². The average Bonchev–Trinajstić information content (AvgIpc) is 2.82. The first kappa shape index (κ1) is 15.7. The number of benzene rings is 1. The molecule has 0 aliphatic carbocycles. The Morgan fingerprint density at radius 3 is 2.33 bits per heavy atom. The normalized spacial score (nSPS) is 11.6. The zero-order chi connectivity index (χ0) is 15.6. The second-order valence-corrected chi connectivity index (χ2v) is 5.83. The van der Waals surface area contributed by atoms with Gasteiger partial charge >= 0.3 is 0 Å². The van der Waals surface area contributed by atoms with E-state index >= 15 is 0 Å². The van der Waals surface area contributed by atoms with Gasteiger partial charge in [-0.25, -0.2) is 0 Å². The van der Waals surface area contributed by atoms with Gasteiger partial charge in [-0.3, -0.25) is 0 Å². The van der Waals surface area contributed by atoms with Gasteiger partial charge in [-0.2, -0.15) is 0 Å². The smallest absolute Gasteiger partial charge is 0.142 e. The first-order valence-corrected chi connectivity index (χ1v) is 7.38. The van der Waals surface area contributed by atoms with Crippen LogP contribution in [-0.2, 0) is 6.54 Å². The van der Waals surface area contributed by atoms with E-state index in [0.29, 0.717) is 18.5 Å². The molecular weight excluding hydrogens is 266 g/mol. The van der Waals surface area contributed by atoms with E-state index in [1.807, 2.05) is 12.1 Å². The first-order chi connectivity index (χ1) is 9.97. The van der Waals surface area contributed by atoms with Gasteiger partial charge in [0.1, 0.15) is 22.8 Å². The Morgan fingerprint density at radius 1 is 1.10 bits per heavy atom. The number of fused-ring (bicyclic) bond motifs is 1. The molecule has 0 fully saturated rings. The summed E-state index contributed by atoms with van der Waals surface area (Å²) < 4.78 is 16.9. The van der Waals surface area contributed by atoms with E-state index < -0.39 is 0 Å². The highest BCUT2D eigenvalue weighted by molar-refractivity contribution is 5.90. The molecule has 0 atom stereocenters. The minimum absolute atomic E-state index is 0.359. The lowest BCUT2D eigenvalue weighted by Crippen LogP contribution is -2.22. The molecule has 0 radical (unpaired) electrons. The third-order valence-electron chi connectivity index (χ3n) is 3.55. The van der Waals surface area contributed by atoms with Crippen LogP contribution in [0.15, 0.2) is 16.5 Å². The van der Waals surface area contributed by atoms with Crippen LogP contribution in [0.4, 0.5) is 0 Å². The van der Waals surface area contributed by atoms with Crippen molar-refractivity contribution in [2.45, 2.75) is 46.2 Å². The van der Waals surface area contributed by atoms with Crippen LogP contribution in [0, 0.1) is 0 Å². The predicted molar refractivity (Wildman–Crippen MR) is 85.4 cm³/mol. The van der Waals surface area contributed by atoms with Crippen molar-refractivity contribution in [3.05, 3.63) is 23.5 Å². The molecule has 1 heterocycles. The molecule has 1 aromatic carbocycles. The summed E-state index contributed by atoms with van der Waals surface area (Å²) in [5.74, 6) is 2.87. The Bertz CT molecular complexity index is 614. The van der Waals surface area contributed by atoms with Gasteiger partial charge in [-0.1, -0.05) is 27.7 Å². The van der Waals surface area contributed by atoms with Gasteiger partial charge in [0.25, 0.3) is 0 Å². The van der Waals surface area contributed by atoms with Crippen LogP contribution >= 0.6 is 0 Å². The monoisotopic (exact) mass is 291 g/mol. The van der Waals surface area contributed by atoms with E-state index in [9.17, 15) is 0 Å². The molecule has 116 valence electrons. The number of ether oxygens (including phenoxy) is 2. The van der Waals surface area contributed by atoms with Gasteiger partial charge in [0, 0.05) is 23.7 Å². The minimum Gasteiger partial charge on any atom is -0.496 e. The number of rotatable bonds is 6. The summed E-state index contributed by atoms with van der Waals surface area (Å²) in [7, 11) is 3.32. The maximum atomic E-state index is 6.07. The van der Waals surface area contributed by atoms with Crippen molar-refractivity contribution in [3.8, 4) is 11.5 Å². The summed E-state index contributed by atoms with van der Waals surface area (Å²) in [6, 6.07) is 4.24. The van der Waals surface area contributed by atoms with E-state index in [2.05, 4.69) is 33.0 Å². The molecule has 4 heteroatoms. The zero-order valence-corrected chi connectivity index (χ0v) is 13.7. The molecule has 1 aromatic heterocycles. The van der Waals surface area contributed by atoms with Crippen molar-refractivity contribution in [2.75, 3.05) is 14.2 Å². The fourth-order valence-corrected chi connectivity index (χ4v) is 2.56. The molecule has 0 unspecified atom stereocenters. The van der Waals surface area contributed by atoms with Crippen molar-refractivity contribution in [1.82, 2.24) is 5.32 Å². The summed E-state index contributed by atoms with van der Waals surface area (Å²) in [6.45, 7) is 9.31. The Morgan fingerprint density at radius 2 is 1.81 bits per heavy atom. The van der Waals surface area contributed by atoms with Gasteiger partial charge in [-0.05, 0) is 5.92 Å². The lowest BCUT2D eigenvalue weighted by Gasteiger charge is -2.11. The highest BCUT2D eigenvalue weighted by Gasteiger charge is 2.21. The number of nitrogens with one attached hydrogen (secondary N) is 1. The van der Waals surface area contributed by atoms with E-state index in [1.165, 1.54) is 5.56 Å². The molecule has 2 aromatic rings. The molecule has 0 saturated carbocycles. The molecule has 1 N–H and O–H groups in total. The van der Waals surface area contributed by atoms with Gasteiger partial charge in [0.05, 0.1) is 26.2 Å². The number of methoxy groups -OCH3 is 2. The van der Waals surface area contributed by atoms with Gasteiger partial charge in [0.15, 0.2) is 0 Å². The highest BCUT2D eigenvalue weighted by Crippen LogP contribution is 2.40. The SMILES string of the molecule is COc1cc(OC)c2c(C(C)C)c(CNC(C)C)oc2c1. The molecule has 21 heavy (non-hydrogen) atoms. The van der Waals surface area contributed by atoms with E-state index in [0.717, 1.165) is 28.2 Å². The van der Waals surface area contributed by atoms with Crippen LogP contribution in [0.3, 0.4) is 0 Å². The van der Waals surface area contributed by atoms with E-state index in [4.69, 9.17) is 13.9 Å². The van der Waals surface area contributed by atoms with Crippen LogP contribution < -0.4 is 14.8 Å². The molecule has 4 nitrogen and oxygen atoms in total. The molecule has 0 aliphatic heterocycles. The molecule has 0 spiro atoms. The second-order valence-electron chi connectivity index (χ2n) is 5.83. The summed E-state index contributed by atoms with van der Waals surface area (Å²) in [6.07, 6.45) is 0. The standard InChI is InChI=1S/C17H25NO3/c1-10(2)16-15(9-18-11(3)4)21-14-8-12(19-5)7-13(20-6)17(14)16/h7-8,10-11,18H,9H2,1-6H3. The minimum atomic E-state index is 0.359. The molecule has 0 amide bonds.